The topological polar surface area (TPSA) is 102 Å². The first-order chi connectivity index (χ1) is 12.5. The molecule has 0 fully saturated rings. The Morgan fingerprint density at radius 1 is 0.962 bits per heavy atom. The summed E-state index contributed by atoms with van der Waals surface area (Å²) < 4.78 is 0. The normalized spacial score (nSPS) is 10.4. The second kappa shape index (κ2) is 7.56. The molecule has 0 bridgehead atoms. The van der Waals surface area contributed by atoms with Crippen molar-refractivity contribution in [2.45, 2.75) is 20.4 Å². The first-order valence-corrected chi connectivity index (χ1v) is 8.02. The van der Waals surface area contributed by atoms with Crippen LogP contribution in [0.1, 0.15) is 12.5 Å². The van der Waals surface area contributed by atoms with E-state index in [-0.39, 0.29) is 18.4 Å². The molecule has 0 aliphatic rings. The molecule has 0 saturated heterocycles. The summed E-state index contributed by atoms with van der Waals surface area (Å²) in [5.41, 5.74) is 3.26. The minimum Gasteiger partial charge on any atom is -0.326 e. The summed E-state index contributed by atoms with van der Waals surface area (Å²) in [5.74, 6) is 0.0472. The van der Waals surface area contributed by atoms with Gasteiger partial charge in [-0.1, -0.05) is 29.8 Å². The number of nitrogens with zero attached hydrogens (tertiary/aromatic N) is 4. The molecule has 0 unspecified atom stereocenters. The fourth-order valence-corrected chi connectivity index (χ4v) is 2.30. The van der Waals surface area contributed by atoms with Gasteiger partial charge in [0.1, 0.15) is 6.54 Å². The van der Waals surface area contributed by atoms with E-state index in [0.29, 0.717) is 17.2 Å². The molecule has 2 amide bonds. The molecule has 8 heteroatoms. The predicted molar refractivity (Wildman–Crippen MR) is 97.4 cm³/mol. The van der Waals surface area contributed by atoms with Crippen molar-refractivity contribution in [1.82, 2.24) is 20.2 Å². The van der Waals surface area contributed by atoms with Gasteiger partial charge >= 0.3 is 0 Å². The third kappa shape index (κ3) is 4.50. The van der Waals surface area contributed by atoms with E-state index < -0.39 is 0 Å². The van der Waals surface area contributed by atoms with Gasteiger partial charge in [-0.15, -0.1) is 10.2 Å². The van der Waals surface area contributed by atoms with Crippen LogP contribution in [-0.4, -0.2) is 32.0 Å². The van der Waals surface area contributed by atoms with Crippen LogP contribution in [0.2, 0.25) is 0 Å². The van der Waals surface area contributed by atoms with Crippen LogP contribution < -0.4 is 10.6 Å². The van der Waals surface area contributed by atoms with Gasteiger partial charge < -0.3 is 10.6 Å². The van der Waals surface area contributed by atoms with Crippen molar-refractivity contribution in [3.05, 3.63) is 54.1 Å². The van der Waals surface area contributed by atoms with Crippen LogP contribution >= 0.6 is 0 Å². The minimum atomic E-state index is -0.273. The molecule has 0 aliphatic heterocycles. The highest BCUT2D eigenvalue weighted by molar-refractivity contribution is 5.92. The molecule has 3 aromatic rings. The van der Waals surface area contributed by atoms with Gasteiger partial charge in [-0.05, 0) is 36.4 Å². The first kappa shape index (κ1) is 17.3. The Morgan fingerprint density at radius 3 is 2.19 bits per heavy atom. The Kier molecular flexibility index (Phi) is 5.02. The number of rotatable bonds is 5. The Morgan fingerprint density at radius 2 is 1.58 bits per heavy atom. The van der Waals surface area contributed by atoms with Crippen molar-refractivity contribution < 1.29 is 9.59 Å². The van der Waals surface area contributed by atoms with E-state index in [9.17, 15) is 9.59 Å². The second-order valence-corrected chi connectivity index (χ2v) is 5.82. The monoisotopic (exact) mass is 350 g/mol. The molecule has 1 aromatic heterocycles. The molecule has 26 heavy (non-hydrogen) atoms. The molecule has 0 spiro atoms. The lowest BCUT2D eigenvalue weighted by atomic mass is 10.1. The molecule has 1 heterocycles. The van der Waals surface area contributed by atoms with Gasteiger partial charge in [0.05, 0.1) is 0 Å². The Balaban J connectivity index is 1.60. The molecule has 0 radical (unpaired) electrons. The van der Waals surface area contributed by atoms with E-state index >= 15 is 0 Å². The lowest BCUT2D eigenvalue weighted by molar-refractivity contribution is -0.117. The molecule has 2 aromatic carbocycles. The summed E-state index contributed by atoms with van der Waals surface area (Å²) in [4.78, 5) is 24.4. The Labute approximate surface area is 150 Å². The number of amides is 2. The van der Waals surface area contributed by atoms with E-state index in [1.165, 1.54) is 11.7 Å². The highest BCUT2D eigenvalue weighted by Gasteiger charge is 2.09. The minimum absolute atomic E-state index is 0.0493. The number of hydrogen-bond acceptors (Lipinski definition) is 5. The summed E-state index contributed by atoms with van der Waals surface area (Å²) in [6.07, 6.45) is 0. The highest BCUT2D eigenvalue weighted by atomic mass is 16.2. The van der Waals surface area contributed by atoms with E-state index in [1.54, 1.807) is 24.3 Å². The highest BCUT2D eigenvalue weighted by Crippen LogP contribution is 2.15. The van der Waals surface area contributed by atoms with E-state index in [4.69, 9.17) is 0 Å². The maximum absolute atomic E-state index is 12.1. The average Bonchev–Trinajstić information content (AvgIpc) is 3.05. The van der Waals surface area contributed by atoms with Crippen molar-refractivity contribution in [1.29, 1.82) is 0 Å². The van der Waals surface area contributed by atoms with Crippen LogP contribution in [0, 0.1) is 6.92 Å². The average molecular weight is 350 g/mol. The first-order valence-electron chi connectivity index (χ1n) is 8.02. The summed E-state index contributed by atoms with van der Waals surface area (Å²) in [5, 5.41) is 17.5. The maximum atomic E-state index is 12.1. The van der Waals surface area contributed by atoms with Gasteiger partial charge in [-0.25, -0.2) is 0 Å². The van der Waals surface area contributed by atoms with Crippen molar-refractivity contribution in [3.63, 3.8) is 0 Å². The molecular weight excluding hydrogens is 332 g/mol. The molecule has 0 aliphatic carbocycles. The standard InChI is InChI=1S/C18H18N6O2/c1-12-3-5-14(6-4-12)18-21-23-24(22-18)11-17(26)20-16-9-7-15(8-10-16)19-13(2)25/h3-10H,11H2,1-2H3,(H,19,25)(H,20,26). The summed E-state index contributed by atoms with van der Waals surface area (Å²) in [6, 6.07) is 14.6. The van der Waals surface area contributed by atoms with Crippen LogP contribution in [0.3, 0.4) is 0 Å². The van der Waals surface area contributed by atoms with Crippen molar-refractivity contribution in [3.8, 4) is 11.4 Å². The number of carbonyl (C=O) groups is 2. The maximum Gasteiger partial charge on any atom is 0.248 e. The van der Waals surface area contributed by atoms with Crippen molar-refractivity contribution in [2.24, 2.45) is 0 Å². The summed E-state index contributed by atoms with van der Waals surface area (Å²) >= 11 is 0. The lowest BCUT2D eigenvalue weighted by Crippen LogP contribution is -2.20. The van der Waals surface area contributed by atoms with Crippen LogP contribution in [0.4, 0.5) is 11.4 Å². The fraction of sp³-hybridized carbons (Fsp3) is 0.167. The molecule has 3 rings (SSSR count). The Hall–Kier alpha value is -3.55. The fourth-order valence-electron chi connectivity index (χ4n) is 2.30. The van der Waals surface area contributed by atoms with Crippen LogP contribution in [0.5, 0.6) is 0 Å². The van der Waals surface area contributed by atoms with E-state index in [1.807, 2.05) is 31.2 Å². The van der Waals surface area contributed by atoms with Gasteiger partial charge in [-0.3, -0.25) is 9.59 Å². The zero-order chi connectivity index (χ0) is 18.5. The zero-order valence-electron chi connectivity index (χ0n) is 14.4. The number of aromatic nitrogens is 4. The molecule has 132 valence electrons. The number of carbonyl (C=O) groups excluding carboxylic acids is 2. The SMILES string of the molecule is CC(=O)Nc1ccc(NC(=O)Cn2nnc(-c3ccc(C)cc3)n2)cc1. The summed E-state index contributed by atoms with van der Waals surface area (Å²) in [6.45, 7) is 3.39. The Bertz CT molecular complexity index is 916. The van der Waals surface area contributed by atoms with Crippen LogP contribution in [0.15, 0.2) is 48.5 Å². The quantitative estimate of drug-likeness (QED) is 0.735. The van der Waals surface area contributed by atoms with Crippen molar-refractivity contribution >= 4 is 23.2 Å². The summed E-state index contributed by atoms with van der Waals surface area (Å²) in [7, 11) is 0. The van der Waals surface area contributed by atoms with E-state index in [2.05, 4.69) is 26.0 Å². The zero-order valence-corrected chi connectivity index (χ0v) is 14.4. The van der Waals surface area contributed by atoms with Crippen LogP contribution in [-0.2, 0) is 16.1 Å². The van der Waals surface area contributed by atoms with Crippen molar-refractivity contribution in [2.75, 3.05) is 10.6 Å². The van der Waals surface area contributed by atoms with Gasteiger partial charge in [0.2, 0.25) is 17.6 Å². The molecule has 0 atom stereocenters. The molecule has 2 N–H and O–H groups in total. The number of nitrogens with one attached hydrogen (secondary N) is 2. The predicted octanol–water partition coefficient (Wildman–Crippen LogP) is 2.25. The largest absolute Gasteiger partial charge is 0.326 e. The van der Waals surface area contributed by atoms with Gasteiger partial charge in [-0.2, -0.15) is 4.80 Å². The number of benzene rings is 2. The molecule has 8 nitrogen and oxygen atoms in total. The second-order valence-electron chi connectivity index (χ2n) is 5.82. The molecule has 0 saturated carbocycles. The van der Waals surface area contributed by atoms with Crippen LogP contribution in [0.25, 0.3) is 11.4 Å². The number of anilines is 2. The number of tetrazole rings is 1. The number of aryl methyl sites for hydroxylation is 1. The van der Waals surface area contributed by atoms with Gasteiger partial charge in [0, 0.05) is 23.9 Å². The smallest absolute Gasteiger partial charge is 0.248 e. The third-order valence-corrected chi connectivity index (χ3v) is 3.54. The van der Waals surface area contributed by atoms with Gasteiger partial charge in [0.15, 0.2) is 0 Å². The van der Waals surface area contributed by atoms with E-state index in [0.717, 1.165) is 11.1 Å². The third-order valence-electron chi connectivity index (χ3n) is 3.54. The lowest BCUT2D eigenvalue weighted by Gasteiger charge is -2.06. The number of hydrogen-bond donors (Lipinski definition) is 2. The molecular formula is C18H18N6O2. The van der Waals surface area contributed by atoms with Gasteiger partial charge in [0.25, 0.3) is 0 Å².